The monoisotopic (exact) mass is 501 g/mol. The van der Waals surface area contributed by atoms with Gasteiger partial charge in [0, 0.05) is 35.9 Å². The fourth-order valence-electron chi connectivity index (χ4n) is 6.17. The number of halogens is 1. The highest BCUT2D eigenvalue weighted by Crippen LogP contribution is 2.38. The lowest BCUT2D eigenvalue weighted by Gasteiger charge is -2.34. The van der Waals surface area contributed by atoms with Crippen LogP contribution >= 0.6 is 15.9 Å². The van der Waals surface area contributed by atoms with Crippen molar-refractivity contribution >= 4 is 32.9 Å². The second kappa shape index (κ2) is 11.2. The molecule has 0 radical (unpaired) electrons. The van der Waals surface area contributed by atoms with Crippen molar-refractivity contribution < 1.29 is 4.79 Å². The number of hydrogen-bond acceptors (Lipinski definition) is 2. The summed E-state index contributed by atoms with van der Waals surface area (Å²) in [5.74, 6) is 2.93. The van der Waals surface area contributed by atoms with Crippen LogP contribution in [-0.2, 0) is 11.3 Å². The molecule has 2 fully saturated rings. The van der Waals surface area contributed by atoms with Crippen LogP contribution in [-0.4, -0.2) is 32.9 Å². The summed E-state index contributed by atoms with van der Waals surface area (Å²) in [4.78, 5) is 20.5. The van der Waals surface area contributed by atoms with Gasteiger partial charge in [0.05, 0.1) is 11.0 Å². The van der Waals surface area contributed by atoms with E-state index in [1.54, 1.807) is 0 Å². The molecule has 0 aliphatic heterocycles. The summed E-state index contributed by atoms with van der Waals surface area (Å²) in [5.41, 5.74) is 2.23. The molecule has 1 heterocycles. The van der Waals surface area contributed by atoms with Gasteiger partial charge in [-0.15, -0.1) is 0 Å². The summed E-state index contributed by atoms with van der Waals surface area (Å²) in [6.45, 7) is 6.00. The van der Waals surface area contributed by atoms with Crippen LogP contribution in [0.15, 0.2) is 22.7 Å². The summed E-state index contributed by atoms with van der Waals surface area (Å²) in [6, 6.07) is 6.84. The molecule has 5 heteroatoms. The van der Waals surface area contributed by atoms with Crippen molar-refractivity contribution in [2.75, 3.05) is 6.54 Å². The van der Waals surface area contributed by atoms with Crippen molar-refractivity contribution in [3.63, 3.8) is 0 Å². The van der Waals surface area contributed by atoms with E-state index in [4.69, 9.17) is 4.98 Å². The van der Waals surface area contributed by atoms with Crippen LogP contribution in [0.25, 0.3) is 11.0 Å². The number of nitrogens with zero attached hydrogens (tertiary/aromatic N) is 3. The van der Waals surface area contributed by atoms with Gasteiger partial charge in [-0.05, 0) is 69.6 Å². The van der Waals surface area contributed by atoms with E-state index in [2.05, 4.69) is 57.4 Å². The van der Waals surface area contributed by atoms with Gasteiger partial charge in [0.2, 0.25) is 5.91 Å². The van der Waals surface area contributed by atoms with Gasteiger partial charge in [-0.2, -0.15) is 0 Å². The molecule has 4 nitrogen and oxygen atoms in total. The molecule has 0 bridgehead atoms. The third-order valence-electron chi connectivity index (χ3n) is 7.87. The van der Waals surface area contributed by atoms with Crippen LogP contribution < -0.4 is 0 Å². The molecule has 0 N–H and O–H groups in total. The van der Waals surface area contributed by atoms with Gasteiger partial charge in [0.15, 0.2) is 0 Å². The Hall–Kier alpha value is -1.36. The molecule has 2 aliphatic carbocycles. The van der Waals surface area contributed by atoms with E-state index in [-0.39, 0.29) is 0 Å². The van der Waals surface area contributed by atoms with Crippen molar-refractivity contribution in [2.45, 2.75) is 109 Å². The van der Waals surface area contributed by atoms with E-state index in [0.717, 1.165) is 29.0 Å². The molecule has 0 atom stereocenters. The summed E-state index contributed by atoms with van der Waals surface area (Å²) in [6.07, 6.45) is 14.5. The van der Waals surface area contributed by atoms with Crippen molar-refractivity contribution in [2.24, 2.45) is 5.92 Å². The SMILES string of the molecule is CCC[C@H]1CC[C@H](c2nc3cc(Br)ccc3n2CCC(=O)N(CC)C2CCCCC2)CC1. The van der Waals surface area contributed by atoms with E-state index < -0.39 is 0 Å². The average Bonchev–Trinajstić information content (AvgIpc) is 3.17. The first-order valence-corrected chi connectivity index (χ1v) is 13.8. The van der Waals surface area contributed by atoms with E-state index in [0.29, 0.717) is 24.3 Å². The molecular formula is C27H40BrN3O. The summed E-state index contributed by atoms with van der Waals surface area (Å²) >= 11 is 3.61. The number of carbonyl (C=O) groups excluding carboxylic acids is 1. The predicted octanol–water partition coefficient (Wildman–Crippen LogP) is 7.44. The van der Waals surface area contributed by atoms with Crippen LogP contribution in [0.1, 0.15) is 103 Å². The fraction of sp³-hybridized carbons (Fsp3) is 0.704. The number of rotatable bonds is 8. The standard InChI is InChI=1S/C27H40BrN3O/c1-3-8-20-11-13-21(14-12-20)27-29-24-19-22(28)15-16-25(24)31(27)18-17-26(32)30(4-2)23-9-6-5-7-10-23/h15-16,19-21,23H,3-14,17-18H2,1-2H3/t20-,21-. The molecule has 0 saturated heterocycles. The maximum Gasteiger partial charge on any atom is 0.224 e. The van der Waals surface area contributed by atoms with Gasteiger partial charge in [-0.25, -0.2) is 4.98 Å². The molecule has 1 amide bonds. The maximum absolute atomic E-state index is 13.2. The zero-order chi connectivity index (χ0) is 22.5. The quantitative estimate of drug-likeness (QED) is 0.376. The third kappa shape index (κ3) is 5.40. The average molecular weight is 503 g/mol. The van der Waals surface area contributed by atoms with Crippen LogP contribution in [0, 0.1) is 5.92 Å². The zero-order valence-electron chi connectivity index (χ0n) is 20.0. The molecule has 0 spiro atoms. The Kier molecular flexibility index (Phi) is 8.31. The molecule has 0 unspecified atom stereocenters. The molecule has 4 rings (SSSR count). The highest BCUT2D eigenvalue weighted by molar-refractivity contribution is 9.10. The number of aryl methyl sites for hydroxylation is 1. The molecule has 1 aromatic carbocycles. The normalized spacial score (nSPS) is 22.3. The first-order chi connectivity index (χ1) is 15.6. The van der Waals surface area contributed by atoms with E-state index >= 15 is 0 Å². The van der Waals surface area contributed by atoms with Gasteiger partial charge in [0.25, 0.3) is 0 Å². The predicted molar refractivity (Wildman–Crippen MR) is 136 cm³/mol. The molecule has 2 aliphatic rings. The number of aromatic nitrogens is 2. The van der Waals surface area contributed by atoms with Crippen molar-refractivity contribution in [3.05, 3.63) is 28.5 Å². The van der Waals surface area contributed by atoms with E-state index in [1.165, 1.54) is 82.0 Å². The number of carbonyl (C=O) groups is 1. The van der Waals surface area contributed by atoms with Crippen LogP contribution in [0.5, 0.6) is 0 Å². The lowest BCUT2D eigenvalue weighted by Crippen LogP contribution is -2.41. The van der Waals surface area contributed by atoms with Gasteiger partial charge >= 0.3 is 0 Å². The first kappa shape index (κ1) is 23.8. The number of fused-ring (bicyclic) bond motifs is 1. The second-order valence-corrected chi connectivity index (χ2v) is 10.9. The highest BCUT2D eigenvalue weighted by Gasteiger charge is 2.28. The third-order valence-corrected chi connectivity index (χ3v) is 8.37. The topological polar surface area (TPSA) is 38.1 Å². The smallest absolute Gasteiger partial charge is 0.224 e. The molecular weight excluding hydrogens is 462 g/mol. The number of hydrogen-bond donors (Lipinski definition) is 0. The Morgan fingerprint density at radius 3 is 2.53 bits per heavy atom. The van der Waals surface area contributed by atoms with Gasteiger partial charge in [0.1, 0.15) is 5.82 Å². The Morgan fingerprint density at radius 1 is 1.09 bits per heavy atom. The van der Waals surface area contributed by atoms with E-state index in [9.17, 15) is 4.79 Å². The number of amides is 1. The number of imidazole rings is 1. The highest BCUT2D eigenvalue weighted by atomic mass is 79.9. The lowest BCUT2D eigenvalue weighted by atomic mass is 9.79. The van der Waals surface area contributed by atoms with E-state index in [1.807, 2.05) is 0 Å². The van der Waals surface area contributed by atoms with Gasteiger partial charge < -0.3 is 9.47 Å². The minimum absolute atomic E-state index is 0.316. The summed E-state index contributed by atoms with van der Waals surface area (Å²) in [5, 5.41) is 0. The molecule has 32 heavy (non-hydrogen) atoms. The molecule has 1 aromatic heterocycles. The Labute approximate surface area is 202 Å². The number of benzene rings is 1. The fourth-order valence-corrected chi connectivity index (χ4v) is 6.52. The zero-order valence-corrected chi connectivity index (χ0v) is 21.6. The Balaban J connectivity index is 1.52. The minimum Gasteiger partial charge on any atom is -0.340 e. The van der Waals surface area contributed by atoms with Crippen molar-refractivity contribution in [3.8, 4) is 0 Å². The summed E-state index contributed by atoms with van der Waals surface area (Å²) < 4.78 is 3.44. The maximum atomic E-state index is 13.2. The molecule has 2 saturated carbocycles. The minimum atomic E-state index is 0.316. The van der Waals surface area contributed by atoms with Crippen molar-refractivity contribution in [1.29, 1.82) is 0 Å². The van der Waals surface area contributed by atoms with Crippen LogP contribution in [0.4, 0.5) is 0 Å². The molecule has 176 valence electrons. The second-order valence-electron chi connectivity index (χ2n) is 9.98. The van der Waals surface area contributed by atoms with Gasteiger partial charge in [-0.1, -0.05) is 55.0 Å². The first-order valence-electron chi connectivity index (χ1n) is 13.1. The van der Waals surface area contributed by atoms with Crippen molar-refractivity contribution in [1.82, 2.24) is 14.5 Å². The molecule has 2 aromatic rings. The van der Waals surface area contributed by atoms with Crippen LogP contribution in [0.3, 0.4) is 0 Å². The summed E-state index contributed by atoms with van der Waals surface area (Å²) in [7, 11) is 0. The Morgan fingerprint density at radius 2 is 1.84 bits per heavy atom. The van der Waals surface area contributed by atoms with Gasteiger partial charge in [-0.3, -0.25) is 4.79 Å². The lowest BCUT2D eigenvalue weighted by molar-refractivity contribution is -0.134. The Bertz CT molecular complexity index is 894. The largest absolute Gasteiger partial charge is 0.340 e. The van der Waals surface area contributed by atoms with Crippen LogP contribution in [0.2, 0.25) is 0 Å².